The predicted molar refractivity (Wildman–Crippen MR) is 97.7 cm³/mol. The molecular weight excluding hydrogens is 334 g/mol. The third-order valence-corrected chi connectivity index (χ3v) is 5.56. The third-order valence-electron chi connectivity index (χ3n) is 3.29. The van der Waals surface area contributed by atoms with Crippen LogP contribution in [-0.4, -0.2) is 17.3 Å². The molecule has 22 heavy (non-hydrogen) atoms. The summed E-state index contributed by atoms with van der Waals surface area (Å²) in [5.41, 5.74) is 1.93. The number of carbonyl (C=O) groups excluding carboxylic acids is 1. The molecule has 2 heterocycles. The SMILES string of the molecule is COc1ccc(N2C(=O)/C(=C\c3sccc3C)SC2=S)cc1. The summed E-state index contributed by atoms with van der Waals surface area (Å²) in [5.74, 6) is 0.673. The van der Waals surface area contributed by atoms with E-state index in [4.69, 9.17) is 17.0 Å². The number of anilines is 1. The maximum Gasteiger partial charge on any atom is 0.270 e. The van der Waals surface area contributed by atoms with E-state index < -0.39 is 0 Å². The number of benzene rings is 1. The number of rotatable bonds is 3. The first-order valence-electron chi connectivity index (χ1n) is 6.56. The van der Waals surface area contributed by atoms with Crippen LogP contribution in [0.5, 0.6) is 5.75 Å². The lowest BCUT2D eigenvalue weighted by Crippen LogP contribution is -2.27. The number of hydrogen-bond acceptors (Lipinski definition) is 5. The van der Waals surface area contributed by atoms with Crippen molar-refractivity contribution >= 4 is 57.3 Å². The van der Waals surface area contributed by atoms with Gasteiger partial charge in [-0.05, 0) is 54.3 Å². The molecule has 1 amide bonds. The molecule has 1 aromatic carbocycles. The van der Waals surface area contributed by atoms with E-state index in [1.807, 2.05) is 48.7 Å². The van der Waals surface area contributed by atoms with Crippen molar-refractivity contribution < 1.29 is 9.53 Å². The van der Waals surface area contributed by atoms with E-state index in [0.717, 1.165) is 16.3 Å². The van der Waals surface area contributed by atoms with Crippen molar-refractivity contribution in [1.82, 2.24) is 0 Å². The highest BCUT2D eigenvalue weighted by molar-refractivity contribution is 8.27. The van der Waals surface area contributed by atoms with Crippen LogP contribution < -0.4 is 9.64 Å². The number of aryl methyl sites for hydroxylation is 1. The maximum atomic E-state index is 12.6. The lowest BCUT2D eigenvalue weighted by atomic mass is 10.2. The zero-order valence-electron chi connectivity index (χ0n) is 12.0. The molecule has 1 aromatic heterocycles. The van der Waals surface area contributed by atoms with Crippen LogP contribution in [0.2, 0.25) is 0 Å². The molecule has 0 unspecified atom stereocenters. The number of thioether (sulfide) groups is 1. The molecule has 6 heteroatoms. The summed E-state index contributed by atoms with van der Waals surface area (Å²) in [4.78, 5) is 15.9. The van der Waals surface area contributed by atoms with Gasteiger partial charge in [0.25, 0.3) is 5.91 Å². The van der Waals surface area contributed by atoms with E-state index in [2.05, 4.69) is 0 Å². The monoisotopic (exact) mass is 347 g/mol. The van der Waals surface area contributed by atoms with Crippen LogP contribution in [0.25, 0.3) is 6.08 Å². The second-order valence-electron chi connectivity index (χ2n) is 4.68. The summed E-state index contributed by atoms with van der Waals surface area (Å²) in [6, 6.07) is 9.36. The van der Waals surface area contributed by atoms with Crippen molar-refractivity contribution in [1.29, 1.82) is 0 Å². The number of ether oxygens (including phenoxy) is 1. The molecule has 1 fully saturated rings. The Morgan fingerprint density at radius 2 is 1.95 bits per heavy atom. The second-order valence-corrected chi connectivity index (χ2v) is 7.31. The smallest absolute Gasteiger partial charge is 0.270 e. The largest absolute Gasteiger partial charge is 0.497 e. The normalized spacial score (nSPS) is 16.6. The summed E-state index contributed by atoms with van der Waals surface area (Å²) in [7, 11) is 1.61. The van der Waals surface area contributed by atoms with Gasteiger partial charge < -0.3 is 4.74 Å². The van der Waals surface area contributed by atoms with Crippen LogP contribution >= 0.6 is 35.3 Å². The van der Waals surface area contributed by atoms with Crippen molar-refractivity contribution in [3.63, 3.8) is 0 Å². The Kier molecular flexibility index (Phi) is 4.33. The lowest BCUT2D eigenvalue weighted by Gasteiger charge is -2.14. The van der Waals surface area contributed by atoms with Crippen molar-refractivity contribution in [2.24, 2.45) is 0 Å². The fraction of sp³-hybridized carbons (Fsp3) is 0.125. The van der Waals surface area contributed by atoms with Crippen LogP contribution in [0, 0.1) is 6.92 Å². The van der Waals surface area contributed by atoms with Crippen LogP contribution in [0.3, 0.4) is 0 Å². The molecular formula is C16H13NO2S3. The number of methoxy groups -OCH3 is 1. The topological polar surface area (TPSA) is 29.5 Å². The van der Waals surface area contributed by atoms with Crippen molar-refractivity contribution in [3.8, 4) is 5.75 Å². The van der Waals surface area contributed by atoms with Crippen LogP contribution in [-0.2, 0) is 4.79 Å². The first kappa shape index (κ1) is 15.3. The fourth-order valence-electron chi connectivity index (χ4n) is 2.07. The minimum atomic E-state index is -0.0760. The molecule has 1 aliphatic heterocycles. The van der Waals surface area contributed by atoms with Gasteiger partial charge >= 0.3 is 0 Å². The van der Waals surface area contributed by atoms with E-state index in [0.29, 0.717) is 9.23 Å². The van der Waals surface area contributed by atoms with Crippen molar-refractivity contribution in [2.45, 2.75) is 6.92 Å². The van der Waals surface area contributed by atoms with E-state index in [9.17, 15) is 4.79 Å². The standard InChI is InChI=1S/C16H13NO2S3/c1-10-7-8-21-13(10)9-14-15(18)17(16(20)22-14)11-3-5-12(19-2)6-4-11/h3-9H,1-2H3/b14-9+. The summed E-state index contributed by atoms with van der Waals surface area (Å²) >= 11 is 8.32. The predicted octanol–water partition coefficient (Wildman–Crippen LogP) is 4.47. The maximum absolute atomic E-state index is 12.6. The zero-order valence-corrected chi connectivity index (χ0v) is 14.5. The molecule has 112 valence electrons. The molecule has 0 bridgehead atoms. The number of carbonyl (C=O) groups is 1. The Labute approximate surface area is 142 Å². The molecule has 2 aromatic rings. The third kappa shape index (κ3) is 2.82. The average Bonchev–Trinajstić information content (AvgIpc) is 3.04. The van der Waals surface area contributed by atoms with Gasteiger partial charge in [-0.2, -0.15) is 0 Å². The highest BCUT2D eigenvalue weighted by Gasteiger charge is 2.33. The first-order chi connectivity index (χ1) is 10.6. The molecule has 1 aliphatic rings. The van der Waals surface area contributed by atoms with Crippen molar-refractivity contribution in [3.05, 3.63) is 51.1 Å². The summed E-state index contributed by atoms with van der Waals surface area (Å²) in [6.07, 6.45) is 1.92. The molecule has 0 radical (unpaired) electrons. The van der Waals surface area contributed by atoms with Gasteiger partial charge in [-0.25, -0.2) is 0 Å². The highest BCUT2D eigenvalue weighted by Crippen LogP contribution is 2.37. The molecule has 3 rings (SSSR count). The number of amides is 1. The summed E-state index contributed by atoms with van der Waals surface area (Å²) in [6.45, 7) is 2.03. The van der Waals surface area contributed by atoms with Gasteiger partial charge in [-0.1, -0.05) is 24.0 Å². The van der Waals surface area contributed by atoms with E-state index in [-0.39, 0.29) is 5.91 Å². The molecule has 1 saturated heterocycles. The Bertz CT molecular complexity index is 762. The summed E-state index contributed by atoms with van der Waals surface area (Å²) in [5, 5.41) is 2.02. The number of nitrogens with zero attached hydrogens (tertiary/aromatic N) is 1. The molecule has 0 N–H and O–H groups in total. The highest BCUT2D eigenvalue weighted by atomic mass is 32.2. The zero-order chi connectivity index (χ0) is 15.7. The van der Waals surface area contributed by atoms with Gasteiger partial charge in [0.05, 0.1) is 17.7 Å². The van der Waals surface area contributed by atoms with Gasteiger partial charge in [-0.15, -0.1) is 11.3 Å². The van der Waals surface area contributed by atoms with Crippen LogP contribution in [0.1, 0.15) is 10.4 Å². The Hall–Kier alpha value is -1.63. The number of thiocarbonyl (C=S) groups is 1. The number of hydrogen-bond donors (Lipinski definition) is 0. The molecule has 0 spiro atoms. The van der Waals surface area contributed by atoms with Crippen molar-refractivity contribution in [2.75, 3.05) is 12.0 Å². The fourth-order valence-corrected chi connectivity index (χ4v) is 4.29. The van der Waals surface area contributed by atoms with E-state index >= 15 is 0 Å². The van der Waals surface area contributed by atoms with Gasteiger partial charge in [0.1, 0.15) is 5.75 Å². The van der Waals surface area contributed by atoms with E-state index in [1.54, 1.807) is 23.3 Å². The quantitative estimate of drug-likeness (QED) is 0.605. The Morgan fingerprint density at radius 1 is 1.23 bits per heavy atom. The van der Waals surface area contributed by atoms with Crippen LogP contribution in [0.15, 0.2) is 40.6 Å². The molecule has 0 saturated carbocycles. The van der Waals surface area contributed by atoms with E-state index in [1.165, 1.54) is 17.3 Å². The molecule has 0 atom stereocenters. The summed E-state index contributed by atoms with van der Waals surface area (Å²) < 4.78 is 5.69. The minimum absolute atomic E-state index is 0.0760. The Morgan fingerprint density at radius 3 is 2.55 bits per heavy atom. The first-order valence-corrected chi connectivity index (χ1v) is 8.66. The number of thiophene rings is 1. The van der Waals surface area contributed by atoms with Gasteiger partial charge in [0, 0.05) is 4.88 Å². The van der Waals surface area contributed by atoms with Gasteiger partial charge in [0.15, 0.2) is 4.32 Å². The second kappa shape index (κ2) is 6.24. The lowest BCUT2D eigenvalue weighted by molar-refractivity contribution is -0.113. The molecule has 0 aliphatic carbocycles. The van der Waals surface area contributed by atoms with Gasteiger partial charge in [-0.3, -0.25) is 9.69 Å². The Balaban J connectivity index is 1.91. The minimum Gasteiger partial charge on any atom is -0.497 e. The average molecular weight is 347 g/mol. The molecule has 3 nitrogen and oxygen atoms in total. The van der Waals surface area contributed by atoms with Gasteiger partial charge in [0.2, 0.25) is 0 Å². The van der Waals surface area contributed by atoms with Crippen LogP contribution in [0.4, 0.5) is 5.69 Å².